The lowest BCUT2D eigenvalue weighted by molar-refractivity contribution is -0.122. The highest BCUT2D eigenvalue weighted by Crippen LogP contribution is 2.19. The maximum absolute atomic E-state index is 12.2. The molecule has 2 N–H and O–H groups in total. The van der Waals surface area contributed by atoms with Gasteiger partial charge in [-0.25, -0.2) is 0 Å². The number of likely N-dealkylation sites (N-methyl/N-ethyl adjacent to an activating group) is 1. The Balaban J connectivity index is 1.86. The number of nitrogens with zero attached hydrogens (tertiary/aromatic N) is 1. The van der Waals surface area contributed by atoms with Gasteiger partial charge in [0.15, 0.2) is 0 Å². The molecule has 2 rings (SSSR count). The molecule has 2 aromatic heterocycles. The third-order valence-corrected chi connectivity index (χ3v) is 5.08. The molecule has 124 valence electrons. The lowest BCUT2D eigenvalue weighted by Crippen LogP contribution is -2.46. The van der Waals surface area contributed by atoms with Crippen molar-refractivity contribution in [3.05, 3.63) is 44.8 Å². The number of carbonyl (C=O) groups is 2. The Morgan fingerprint density at radius 1 is 1.26 bits per heavy atom. The predicted octanol–water partition coefficient (Wildman–Crippen LogP) is 2.35. The average molecular weight is 351 g/mol. The molecule has 2 amide bonds. The van der Waals surface area contributed by atoms with E-state index in [1.54, 1.807) is 24.3 Å². The van der Waals surface area contributed by atoms with Crippen molar-refractivity contribution < 1.29 is 9.59 Å². The Kier molecular flexibility index (Phi) is 6.32. The van der Waals surface area contributed by atoms with Crippen molar-refractivity contribution in [2.75, 3.05) is 20.6 Å². The maximum atomic E-state index is 12.2. The zero-order valence-electron chi connectivity index (χ0n) is 13.4. The van der Waals surface area contributed by atoms with Crippen LogP contribution in [0.4, 0.5) is 0 Å². The van der Waals surface area contributed by atoms with E-state index in [9.17, 15) is 9.59 Å². The van der Waals surface area contributed by atoms with Gasteiger partial charge >= 0.3 is 0 Å². The molecule has 23 heavy (non-hydrogen) atoms. The SMILES string of the molecule is CC(NC(=O)c1cccs1)C(=O)NCC(c1ccsc1)N(C)C. The van der Waals surface area contributed by atoms with Crippen LogP contribution < -0.4 is 10.6 Å². The highest BCUT2D eigenvalue weighted by atomic mass is 32.1. The molecule has 2 atom stereocenters. The van der Waals surface area contributed by atoms with Gasteiger partial charge < -0.3 is 15.5 Å². The minimum absolute atomic E-state index is 0.116. The zero-order valence-corrected chi connectivity index (χ0v) is 15.0. The van der Waals surface area contributed by atoms with Crippen LogP contribution in [0.2, 0.25) is 0 Å². The van der Waals surface area contributed by atoms with Gasteiger partial charge in [0.1, 0.15) is 6.04 Å². The summed E-state index contributed by atoms with van der Waals surface area (Å²) in [5.41, 5.74) is 1.18. The molecule has 2 aromatic rings. The van der Waals surface area contributed by atoms with Crippen LogP contribution in [0, 0.1) is 0 Å². The van der Waals surface area contributed by atoms with Gasteiger partial charge in [-0.05, 0) is 54.9 Å². The van der Waals surface area contributed by atoms with Gasteiger partial charge in [0.25, 0.3) is 5.91 Å². The van der Waals surface area contributed by atoms with Crippen LogP contribution in [0.1, 0.15) is 28.2 Å². The number of nitrogens with one attached hydrogen (secondary N) is 2. The van der Waals surface area contributed by atoms with E-state index in [4.69, 9.17) is 0 Å². The number of hydrogen-bond donors (Lipinski definition) is 2. The van der Waals surface area contributed by atoms with Crippen molar-refractivity contribution >= 4 is 34.5 Å². The second-order valence-corrected chi connectivity index (χ2v) is 7.18. The predicted molar refractivity (Wildman–Crippen MR) is 95.0 cm³/mol. The summed E-state index contributed by atoms with van der Waals surface area (Å²) >= 11 is 2.99. The number of hydrogen-bond acceptors (Lipinski definition) is 5. The van der Waals surface area contributed by atoms with E-state index in [-0.39, 0.29) is 17.9 Å². The first-order chi connectivity index (χ1) is 11.0. The summed E-state index contributed by atoms with van der Waals surface area (Å²) in [4.78, 5) is 26.8. The van der Waals surface area contributed by atoms with Crippen molar-refractivity contribution in [1.82, 2.24) is 15.5 Å². The fourth-order valence-corrected chi connectivity index (χ4v) is 3.49. The number of thiophene rings is 2. The van der Waals surface area contributed by atoms with Crippen molar-refractivity contribution in [3.8, 4) is 0 Å². The van der Waals surface area contributed by atoms with Gasteiger partial charge in [0, 0.05) is 6.54 Å². The summed E-state index contributed by atoms with van der Waals surface area (Å²) in [6.45, 7) is 2.19. The molecule has 5 nitrogen and oxygen atoms in total. The molecule has 0 saturated heterocycles. The van der Waals surface area contributed by atoms with Gasteiger partial charge in [0.2, 0.25) is 5.91 Å². The third kappa shape index (κ3) is 4.89. The molecule has 0 aliphatic carbocycles. The number of amides is 2. The molecule has 0 aliphatic heterocycles. The topological polar surface area (TPSA) is 61.4 Å². The van der Waals surface area contributed by atoms with Crippen LogP contribution in [0.25, 0.3) is 0 Å². The van der Waals surface area contributed by atoms with Crippen LogP contribution >= 0.6 is 22.7 Å². The van der Waals surface area contributed by atoms with Gasteiger partial charge in [-0.3, -0.25) is 9.59 Å². The molecular weight excluding hydrogens is 330 g/mol. The summed E-state index contributed by atoms with van der Waals surface area (Å²) in [5.74, 6) is -0.401. The quantitative estimate of drug-likeness (QED) is 0.805. The van der Waals surface area contributed by atoms with E-state index in [1.165, 1.54) is 16.9 Å². The minimum atomic E-state index is -0.574. The van der Waals surface area contributed by atoms with Crippen LogP contribution in [0.15, 0.2) is 34.3 Å². The van der Waals surface area contributed by atoms with E-state index in [1.807, 2.05) is 30.9 Å². The van der Waals surface area contributed by atoms with Gasteiger partial charge in [-0.2, -0.15) is 11.3 Å². The first kappa shape index (κ1) is 17.7. The molecule has 0 bridgehead atoms. The molecule has 0 fully saturated rings. The Morgan fingerprint density at radius 2 is 2.04 bits per heavy atom. The second-order valence-electron chi connectivity index (χ2n) is 5.45. The lowest BCUT2D eigenvalue weighted by atomic mass is 10.1. The van der Waals surface area contributed by atoms with Crippen LogP contribution in [0.5, 0.6) is 0 Å². The molecule has 7 heteroatoms. The first-order valence-corrected chi connectivity index (χ1v) is 9.12. The average Bonchev–Trinajstić information content (AvgIpc) is 3.20. The molecule has 0 aliphatic rings. The number of carbonyl (C=O) groups excluding carboxylic acids is 2. The largest absolute Gasteiger partial charge is 0.352 e. The third-order valence-electron chi connectivity index (χ3n) is 3.51. The fraction of sp³-hybridized carbons (Fsp3) is 0.375. The van der Waals surface area contributed by atoms with E-state index in [0.29, 0.717) is 11.4 Å². The second kappa shape index (κ2) is 8.24. The minimum Gasteiger partial charge on any atom is -0.352 e. The Morgan fingerprint density at radius 3 is 2.61 bits per heavy atom. The van der Waals surface area contributed by atoms with Crippen LogP contribution in [-0.2, 0) is 4.79 Å². The molecule has 0 spiro atoms. The summed E-state index contributed by atoms with van der Waals surface area (Å²) in [7, 11) is 3.97. The van der Waals surface area contributed by atoms with E-state index < -0.39 is 6.04 Å². The summed E-state index contributed by atoms with van der Waals surface area (Å²) in [6.07, 6.45) is 0. The first-order valence-electron chi connectivity index (χ1n) is 7.29. The molecule has 2 heterocycles. The van der Waals surface area contributed by atoms with E-state index in [2.05, 4.69) is 27.0 Å². The van der Waals surface area contributed by atoms with Crippen molar-refractivity contribution in [3.63, 3.8) is 0 Å². The molecule has 0 aromatic carbocycles. The van der Waals surface area contributed by atoms with Gasteiger partial charge in [0.05, 0.1) is 10.9 Å². The maximum Gasteiger partial charge on any atom is 0.261 e. The Hall–Kier alpha value is -1.70. The summed E-state index contributed by atoms with van der Waals surface area (Å²) in [6, 6.07) is 5.15. The summed E-state index contributed by atoms with van der Waals surface area (Å²) < 4.78 is 0. The fourth-order valence-electron chi connectivity index (χ4n) is 2.15. The van der Waals surface area contributed by atoms with Gasteiger partial charge in [-0.15, -0.1) is 11.3 Å². The smallest absolute Gasteiger partial charge is 0.261 e. The highest BCUT2D eigenvalue weighted by molar-refractivity contribution is 7.12. The molecule has 2 unspecified atom stereocenters. The zero-order chi connectivity index (χ0) is 16.8. The molecule has 0 saturated carbocycles. The normalized spacial score (nSPS) is 13.6. The Labute approximate surface area is 144 Å². The van der Waals surface area contributed by atoms with Crippen LogP contribution in [-0.4, -0.2) is 43.4 Å². The van der Waals surface area contributed by atoms with Crippen molar-refractivity contribution in [2.45, 2.75) is 19.0 Å². The van der Waals surface area contributed by atoms with E-state index >= 15 is 0 Å². The molecular formula is C16H21N3O2S2. The number of rotatable bonds is 7. The van der Waals surface area contributed by atoms with Gasteiger partial charge in [-0.1, -0.05) is 6.07 Å². The van der Waals surface area contributed by atoms with Crippen molar-refractivity contribution in [2.24, 2.45) is 0 Å². The van der Waals surface area contributed by atoms with Crippen molar-refractivity contribution in [1.29, 1.82) is 0 Å². The monoisotopic (exact) mass is 351 g/mol. The summed E-state index contributed by atoms with van der Waals surface area (Å²) in [5, 5.41) is 11.6. The lowest BCUT2D eigenvalue weighted by Gasteiger charge is -2.25. The molecule has 0 radical (unpaired) electrons. The van der Waals surface area contributed by atoms with Crippen LogP contribution in [0.3, 0.4) is 0 Å². The standard InChI is InChI=1S/C16H21N3O2S2/c1-11(18-16(21)14-5-4-7-23-14)15(20)17-9-13(19(2)3)12-6-8-22-10-12/h4-8,10-11,13H,9H2,1-3H3,(H,17,20)(H,18,21). The Bertz CT molecular complexity index is 624. The van der Waals surface area contributed by atoms with E-state index in [0.717, 1.165) is 0 Å². The highest BCUT2D eigenvalue weighted by Gasteiger charge is 2.20.